The predicted octanol–water partition coefficient (Wildman–Crippen LogP) is 3.05. The molecule has 2 rings (SSSR count). The van der Waals surface area contributed by atoms with Gasteiger partial charge in [-0.3, -0.25) is 10.1 Å². The van der Waals surface area contributed by atoms with Gasteiger partial charge in [0.05, 0.1) is 4.92 Å². The lowest BCUT2D eigenvalue weighted by Gasteiger charge is -2.07. The van der Waals surface area contributed by atoms with E-state index in [0.717, 1.165) is 6.07 Å². The Labute approximate surface area is 108 Å². The molecule has 0 bridgehead atoms. The van der Waals surface area contributed by atoms with Crippen LogP contribution in [0.25, 0.3) is 0 Å². The van der Waals surface area contributed by atoms with Crippen LogP contribution in [0.5, 0.6) is 5.75 Å². The van der Waals surface area contributed by atoms with Crippen LogP contribution in [0, 0.1) is 15.9 Å². The first kappa shape index (κ1) is 12.8. The summed E-state index contributed by atoms with van der Waals surface area (Å²) in [7, 11) is 0. The molecule has 98 valence electrons. The number of nitro benzene ring substituents is 1. The minimum Gasteiger partial charge on any atom is -0.505 e. The number of nitrogens with zero attached hydrogens (tertiary/aromatic N) is 1. The summed E-state index contributed by atoms with van der Waals surface area (Å²) in [5.41, 5.74) is 1.21. The molecular formula is C13H11FN2O3. The molecule has 0 fully saturated rings. The molecule has 2 N–H and O–H groups in total. The van der Waals surface area contributed by atoms with Crippen molar-refractivity contribution in [3.8, 4) is 5.75 Å². The van der Waals surface area contributed by atoms with Crippen LogP contribution in [0.3, 0.4) is 0 Å². The highest BCUT2D eigenvalue weighted by Gasteiger charge is 2.06. The second-order valence-electron chi connectivity index (χ2n) is 3.95. The molecular weight excluding hydrogens is 251 g/mol. The Morgan fingerprint density at radius 3 is 2.74 bits per heavy atom. The highest BCUT2D eigenvalue weighted by Crippen LogP contribution is 2.20. The molecule has 2 aromatic rings. The lowest BCUT2D eigenvalue weighted by atomic mass is 10.2. The molecule has 0 aromatic heterocycles. The van der Waals surface area contributed by atoms with Crippen LogP contribution >= 0.6 is 0 Å². The van der Waals surface area contributed by atoms with E-state index in [4.69, 9.17) is 5.11 Å². The van der Waals surface area contributed by atoms with Crippen molar-refractivity contribution in [2.24, 2.45) is 0 Å². The standard InChI is InChI=1S/C13H11FN2O3/c14-12-7-10(4-5-13(12)17)15-8-9-2-1-3-11(6-9)16(18)19/h1-7,15,17H,8H2. The minimum absolute atomic E-state index is 0.0104. The third-order valence-electron chi connectivity index (χ3n) is 2.57. The van der Waals surface area contributed by atoms with Crippen molar-refractivity contribution in [2.45, 2.75) is 6.54 Å². The Bertz CT molecular complexity index is 617. The molecule has 2 aromatic carbocycles. The van der Waals surface area contributed by atoms with E-state index in [1.54, 1.807) is 12.1 Å². The van der Waals surface area contributed by atoms with Crippen LogP contribution in [0.4, 0.5) is 15.8 Å². The van der Waals surface area contributed by atoms with Crippen molar-refractivity contribution in [3.05, 3.63) is 64.0 Å². The number of nitro groups is 1. The molecule has 0 saturated carbocycles. The Balaban J connectivity index is 2.07. The molecule has 0 spiro atoms. The second kappa shape index (κ2) is 5.34. The van der Waals surface area contributed by atoms with Gasteiger partial charge in [-0.1, -0.05) is 12.1 Å². The Kier molecular flexibility index (Phi) is 3.61. The van der Waals surface area contributed by atoms with Gasteiger partial charge >= 0.3 is 0 Å². The predicted molar refractivity (Wildman–Crippen MR) is 68.5 cm³/mol. The van der Waals surface area contributed by atoms with Crippen molar-refractivity contribution in [1.29, 1.82) is 0 Å². The zero-order valence-corrected chi connectivity index (χ0v) is 9.84. The normalized spacial score (nSPS) is 10.2. The Hall–Kier alpha value is -2.63. The molecule has 0 radical (unpaired) electrons. The monoisotopic (exact) mass is 262 g/mol. The molecule has 19 heavy (non-hydrogen) atoms. The van der Waals surface area contributed by atoms with E-state index >= 15 is 0 Å². The van der Waals surface area contributed by atoms with Crippen LogP contribution in [0.15, 0.2) is 42.5 Å². The molecule has 0 aliphatic heterocycles. The van der Waals surface area contributed by atoms with E-state index in [1.807, 2.05) is 0 Å². The highest BCUT2D eigenvalue weighted by molar-refractivity contribution is 5.47. The first-order valence-corrected chi connectivity index (χ1v) is 5.52. The second-order valence-corrected chi connectivity index (χ2v) is 3.95. The fraction of sp³-hybridized carbons (Fsp3) is 0.0769. The van der Waals surface area contributed by atoms with Gasteiger partial charge in [0.25, 0.3) is 5.69 Å². The summed E-state index contributed by atoms with van der Waals surface area (Å²) >= 11 is 0. The van der Waals surface area contributed by atoms with E-state index in [2.05, 4.69) is 5.32 Å². The molecule has 0 heterocycles. The zero-order valence-electron chi connectivity index (χ0n) is 9.84. The number of aromatic hydroxyl groups is 1. The van der Waals surface area contributed by atoms with Crippen LogP contribution in [0.2, 0.25) is 0 Å². The number of non-ortho nitro benzene ring substituents is 1. The number of benzene rings is 2. The van der Waals surface area contributed by atoms with E-state index in [-0.39, 0.29) is 5.69 Å². The average molecular weight is 262 g/mol. The maximum absolute atomic E-state index is 13.1. The van der Waals surface area contributed by atoms with Crippen molar-refractivity contribution < 1.29 is 14.4 Å². The van der Waals surface area contributed by atoms with Crippen molar-refractivity contribution in [2.75, 3.05) is 5.32 Å². The van der Waals surface area contributed by atoms with Gasteiger partial charge in [0, 0.05) is 30.4 Å². The number of rotatable bonds is 4. The van der Waals surface area contributed by atoms with Crippen LogP contribution in [-0.2, 0) is 6.54 Å². The fourth-order valence-corrected chi connectivity index (χ4v) is 1.60. The summed E-state index contributed by atoms with van der Waals surface area (Å²) in [4.78, 5) is 10.1. The first-order chi connectivity index (χ1) is 9.06. The molecule has 5 nitrogen and oxygen atoms in total. The van der Waals surface area contributed by atoms with Gasteiger partial charge in [0.15, 0.2) is 11.6 Å². The maximum Gasteiger partial charge on any atom is 0.269 e. The Morgan fingerprint density at radius 2 is 2.05 bits per heavy atom. The van der Waals surface area contributed by atoms with E-state index < -0.39 is 16.5 Å². The summed E-state index contributed by atoms with van der Waals surface area (Å²) in [6, 6.07) is 10.1. The van der Waals surface area contributed by atoms with Gasteiger partial charge in [-0.15, -0.1) is 0 Å². The summed E-state index contributed by atoms with van der Waals surface area (Å²) in [5, 5.41) is 22.6. The van der Waals surface area contributed by atoms with Crippen LogP contribution < -0.4 is 5.32 Å². The van der Waals surface area contributed by atoms with E-state index in [1.165, 1.54) is 24.3 Å². The zero-order chi connectivity index (χ0) is 13.8. The number of hydrogen-bond acceptors (Lipinski definition) is 4. The van der Waals surface area contributed by atoms with E-state index in [9.17, 15) is 14.5 Å². The number of anilines is 1. The topological polar surface area (TPSA) is 75.4 Å². The van der Waals surface area contributed by atoms with Gasteiger partial charge in [0.1, 0.15) is 0 Å². The number of halogens is 1. The summed E-state index contributed by atoms with van der Waals surface area (Å²) in [6.07, 6.45) is 0. The maximum atomic E-state index is 13.1. The largest absolute Gasteiger partial charge is 0.505 e. The third kappa shape index (κ3) is 3.19. The number of phenolic OH excluding ortho intramolecular Hbond substituents is 1. The minimum atomic E-state index is -0.718. The van der Waals surface area contributed by atoms with Gasteiger partial charge in [-0.25, -0.2) is 4.39 Å². The molecule has 0 aliphatic carbocycles. The SMILES string of the molecule is O=[N+]([O-])c1cccc(CNc2ccc(O)c(F)c2)c1. The number of hydrogen-bond donors (Lipinski definition) is 2. The van der Waals surface area contributed by atoms with Crippen LogP contribution in [-0.4, -0.2) is 10.0 Å². The van der Waals surface area contributed by atoms with Crippen molar-refractivity contribution in [3.63, 3.8) is 0 Å². The molecule has 0 saturated heterocycles. The first-order valence-electron chi connectivity index (χ1n) is 5.52. The van der Waals surface area contributed by atoms with Gasteiger partial charge in [0.2, 0.25) is 0 Å². The third-order valence-corrected chi connectivity index (χ3v) is 2.57. The van der Waals surface area contributed by atoms with Gasteiger partial charge in [-0.05, 0) is 17.7 Å². The Morgan fingerprint density at radius 1 is 1.26 bits per heavy atom. The average Bonchev–Trinajstić information content (AvgIpc) is 2.40. The smallest absolute Gasteiger partial charge is 0.269 e. The molecule has 0 atom stereocenters. The van der Waals surface area contributed by atoms with Gasteiger partial charge in [-0.2, -0.15) is 0 Å². The lowest BCUT2D eigenvalue weighted by Crippen LogP contribution is -2.00. The molecule has 0 amide bonds. The van der Waals surface area contributed by atoms with Crippen LogP contribution in [0.1, 0.15) is 5.56 Å². The van der Waals surface area contributed by atoms with Crippen molar-refractivity contribution >= 4 is 11.4 Å². The number of nitrogens with one attached hydrogen (secondary N) is 1. The summed E-state index contributed by atoms with van der Waals surface area (Å²) in [5.74, 6) is -1.13. The molecule has 0 aliphatic rings. The van der Waals surface area contributed by atoms with E-state index in [0.29, 0.717) is 17.8 Å². The highest BCUT2D eigenvalue weighted by atomic mass is 19.1. The fourth-order valence-electron chi connectivity index (χ4n) is 1.60. The van der Waals surface area contributed by atoms with Crippen molar-refractivity contribution in [1.82, 2.24) is 0 Å². The quantitative estimate of drug-likeness (QED) is 0.504. The molecule has 6 heteroatoms. The number of phenols is 1. The summed E-state index contributed by atoms with van der Waals surface area (Å²) in [6.45, 7) is 0.325. The lowest BCUT2D eigenvalue weighted by molar-refractivity contribution is -0.384. The molecule has 0 unspecified atom stereocenters. The van der Waals surface area contributed by atoms with Gasteiger partial charge < -0.3 is 10.4 Å². The summed E-state index contributed by atoms with van der Waals surface area (Å²) < 4.78 is 13.1.